The van der Waals surface area contributed by atoms with Gasteiger partial charge in [-0.1, -0.05) is 0 Å². The van der Waals surface area contributed by atoms with Crippen LogP contribution in [0.1, 0.15) is 34.8 Å². The van der Waals surface area contributed by atoms with Crippen LogP contribution in [-0.2, 0) is 7.05 Å². The molecule has 4 rings (SSSR count). The van der Waals surface area contributed by atoms with Gasteiger partial charge in [-0.15, -0.1) is 0 Å². The maximum Gasteiger partial charge on any atom is 0.269 e. The van der Waals surface area contributed by atoms with Crippen LogP contribution in [0.25, 0.3) is 10.9 Å². The number of carbonyl (C=O) groups is 1. The van der Waals surface area contributed by atoms with Gasteiger partial charge >= 0.3 is 0 Å². The Balaban J connectivity index is 1.76. The van der Waals surface area contributed by atoms with Crippen LogP contribution in [0.4, 0.5) is 17.1 Å². The van der Waals surface area contributed by atoms with E-state index in [0.717, 1.165) is 10.9 Å². The van der Waals surface area contributed by atoms with Gasteiger partial charge in [0.25, 0.3) is 11.5 Å². The van der Waals surface area contributed by atoms with Gasteiger partial charge in [0.2, 0.25) is 0 Å². The summed E-state index contributed by atoms with van der Waals surface area (Å²) in [6.07, 6.45) is 4.69. The number of aryl methyl sites for hydroxylation is 1. The summed E-state index contributed by atoms with van der Waals surface area (Å²) < 4.78 is 1.56. The van der Waals surface area contributed by atoms with E-state index in [1.807, 2.05) is 19.1 Å². The molecule has 4 aromatic rings. The van der Waals surface area contributed by atoms with Crippen LogP contribution < -0.4 is 21.5 Å². The number of nitrogens with one attached hydrogen (secondary N) is 3. The molecule has 1 atom stereocenters. The number of amides is 1. The molecule has 0 bridgehead atoms. The van der Waals surface area contributed by atoms with Gasteiger partial charge in [-0.05, 0) is 37.3 Å². The Hall–Kier alpha value is -4.78. The molecule has 0 aliphatic carbocycles. The molecule has 1 aromatic carbocycles. The van der Waals surface area contributed by atoms with E-state index in [-0.39, 0.29) is 23.2 Å². The molecule has 10 heteroatoms. The van der Waals surface area contributed by atoms with E-state index >= 15 is 0 Å². The van der Waals surface area contributed by atoms with E-state index in [1.165, 1.54) is 25.4 Å². The molecule has 170 valence electrons. The molecule has 3 heterocycles. The molecular weight excluding hydrogens is 432 g/mol. The first-order valence-corrected chi connectivity index (χ1v) is 10.5. The highest BCUT2D eigenvalue weighted by Gasteiger charge is 2.14. The molecule has 3 aromatic heterocycles. The van der Waals surface area contributed by atoms with Crippen molar-refractivity contribution in [3.8, 4) is 6.07 Å². The van der Waals surface area contributed by atoms with Crippen LogP contribution in [0.2, 0.25) is 0 Å². The van der Waals surface area contributed by atoms with E-state index in [2.05, 4.69) is 37.0 Å². The number of aromatic nitrogens is 4. The SMILES string of the molecule is CNC(=O)c1cc(Nc2ccc3c(c2)c(NC(C)c2ncccn2)cc(=O)n3C)c(C#N)cn1. The number of fused-ring (bicyclic) bond motifs is 1. The Morgan fingerprint density at radius 2 is 1.88 bits per heavy atom. The van der Waals surface area contributed by atoms with Gasteiger partial charge in [-0.3, -0.25) is 9.59 Å². The minimum atomic E-state index is -0.357. The summed E-state index contributed by atoms with van der Waals surface area (Å²) in [6, 6.07) is 12.1. The monoisotopic (exact) mass is 454 g/mol. The van der Waals surface area contributed by atoms with Gasteiger partial charge in [0.15, 0.2) is 0 Å². The topological polar surface area (TPSA) is 138 Å². The molecule has 0 radical (unpaired) electrons. The second kappa shape index (κ2) is 9.38. The lowest BCUT2D eigenvalue weighted by Crippen LogP contribution is -2.19. The predicted octanol–water partition coefficient (Wildman–Crippen LogP) is 2.87. The van der Waals surface area contributed by atoms with E-state index < -0.39 is 0 Å². The summed E-state index contributed by atoms with van der Waals surface area (Å²) in [5, 5.41) is 19.3. The summed E-state index contributed by atoms with van der Waals surface area (Å²) in [5.41, 5.74) is 2.79. The Bertz CT molecular complexity index is 1470. The quantitative estimate of drug-likeness (QED) is 0.404. The first-order chi connectivity index (χ1) is 16.4. The van der Waals surface area contributed by atoms with Crippen molar-refractivity contribution in [1.29, 1.82) is 5.26 Å². The summed E-state index contributed by atoms with van der Waals surface area (Å²) in [4.78, 5) is 37.1. The lowest BCUT2D eigenvalue weighted by Gasteiger charge is -2.18. The zero-order valence-corrected chi connectivity index (χ0v) is 18.8. The number of hydrogen-bond donors (Lipinski definition) is 3. The maximum atomic E-state index is 12.6. The summed E-state index contributed by atoms with van der Waals surface area (Å²) in [7, 11) is 3.22. The zero-order chi connectivity index (χ0) is 24.2. The maximum absolute atomic E-state index is 12.6. The highest BCUT2D eigenvalue weighted by molar-refractivity contribution is 5.95. The second-order valence-electron chi connectivity index (χ2n) is 7.59. The fraction of sp³-hybridized carbons (Fsp3) is 0.167. The second-order valence-corrected chi connectivity index (χ2v) is 7.59. The van der Waals surface area contributed by atoms with Crippen molar-refractivity contribution in [1.82, 2.24) is 24.8 Å². The van der Waals surface area contributed by atoms with E-state index in [0.29, 0.717) is 28.5 Å². The number of nitrogens with zero attached hydrogens (tertiary/aromatic N) is 5. The molecule has 10 nitrogen and oxygen atoms in total. The van der Waals surface area contributed by atoms with Gasteiger partial charge < -0.3 is 20.5 Å². The number of carbonyl (C=O) groups excluding carboxylic acids is 1. The van der Waals surface area contributed by atoms with Crippen LogP contribution in [-0.4, -0.2) is 32.5 Å². The predicted molar refractivity (Wildman–Crippen MR) is 129 cm³/mol. The molecule has 1 unspecified atom stereocenters. The summed E-state index contributed by atoms with van der Waals surface area (Å²) >= 11 is 0. The fourth-order valence-electron chi connectivity index (χ4n) is 3.55. The van der Waals surface area contributed by atoms with Crippen LogP contribution >= 0.6 is 0 Å². The number of anilines is 3. The van der Waals surface area contributed by atoms with E-state index in [9.17, 15) is 14.9 Å². The molecule has 1 amide bonds. The highest BCUT2D eigenvalue weighted by Crippen LogP contribution is 2.29. The van der Waals surface area contributed by atoms with Crippen molar-refractivity contribution >= 4 is 33.9 Å². The number of hydrogen-bond acceptors (Lipinski definition) is 8. The summed E-state index contributed by atoms with van der Waals surface area (Å²) in [6.45, 7) is 1.91. The third-order valence-corrected chi connectivity index (χ3v) is 5.35. The Morgan fingerprint density at radius 3 is 2.59 bits per heavy atom. The molecule has 0 fully saturated rings. The van der Waals surface area contributed by atoms with Crippen LogP contribution in [0, 0.1) is 11.3 Å². The molecular formula is C24H22N8O2. The Kier molecular flexibility index (Phi) is 6.18. The number of pyridine rings is 2. The zero-order valence-electron chi connectivity index (χ0n) is 18.8. The third kappa shape index (κ3) is 4.40. The molecule has 0 saturated carbocycles. The van der Waals surface area contributed by atoms with E-state index in [4.69, 9.17) is 0 Å². The average molecular weight is 454 g/mol. The number of nitriles is 1. The minimum Gasteiger partial charge on any atom is -0.375 e. The molecule has 0 aliphatic rings. The molecule has 0 spiro atoms. The van der Waals surface area contributed by atoms with Crippen LogP contribution in [0.5, 0.6) is 0 Å². The van der Waals surface area contributed by atoms with Gasteiger partial charge in [0, 0.05) is 55.5 Å². The molecule has 0 aliphatic heterocycles. The normalized spacial score (nSPS) is 11.5. The largest absolute Gasteiger partial charge is 0.375 e. The van der Waals surface area contributed by atoms with Crippen molar-refractivity contribution < 1.29 is 4.79 Å². The first kappa shape index (κ1) is 22.4. The fourth-order valence-corrected chi connectivity index (χ4v) is 3.55. The molecule has 0 saturated heterocycles. The van der Waals surface area contributed by atoms with Gasteiger partial charge in [0.05, 0.1) is 22.8 Å². The third-order valence-electron chi connectivity index (χ3n) is 5.35. The highest BCUT2D eigenvalue weighted by atomic mass is 16.1. The van der Waals surface area contributed by atoms with Gasteiger partial charge in [0.1, 0.15) is 17.6 Å². The first-order valence-electron chi connectivity index (χ1n) is 10.5. The lowest BCUT2D eigenvalue weighted by molar-refractivity contribution is 0.0958. The van der Waals surface area contributed by atoms with Gasteiger partial charge in [-0.2, -0.15) is 5.26 Å². The number of rotatable bonds is 6. The lowest BCUT2D eigenvalue weighted by atomic mass is 10.1. The Labute approximate surface area is 195 Å². The van der Waals surface area contributed by atoms with Gasteiger partial charge in [-0.25, -0.2) is 15.0 Å². The van der Waals surface area contributed by atoms with Crippen molar-refractivity contribution in [3.05, 3.63) is 82.4 Å². The van der Waals surface area contributed by atoms with Crippen molar-refractivity contribution in [2.75, 3.05) is 17.7 Å². The smallest absolute Gasteiger partial charge is 0.269 e. The standard InChI is InChI=1S/C24H22N8O2/c1-14(23-27-7-4-8-28-23)30-19-11-22(33)32(3)21-6-5-16(9-17(19)21)31-18-10-20(24(34)26-2)29-13-15(18)12-25/h4-11,13-14,30H,1-3H3,(H,26,34)(H,29,31). The molecule has 3 N–H and O–H groups in total. The van der Waals surface area contributed by atoms with Crippen molar-refractivity contribution in [3.63, 3.8) is 0 Å². The summed E-state index contributed by atoms with van der Waals surface area (Å²) in [5.74, 6) is 0.243. The average Bonchev–Trinajstić information content (AvgIpc) is 2.87. The van der Waals surface area contributed by atoms with Crippen LogP contribution in [0.3, 0.4) is 0 Å². The Morgan fingerprint density at radius 1 is 1.12 bits per heavy atom. The number of benzene rings is 1. The van der Waals surface area contributed by atoms with Crippen molar-refractivity contribution in [2.24, 2.45) is 7.05 Å². The molecule has 34 heavy (non-hydrogen) atoms. The minimum absolute atomic E-state index is 0.159. The van der Waals surface area contributed by atoms with Crippen LogP contribution in [0.15, 0.2) is 59.8 Å². The van der Waals surface area contributed by atoms with Crippen molar-refractivity contribution in [2.45, 2.75) is 13.0 Å². The van der Waals surface area contributed by atoms with E-state index in [1.54, 1.807) is 36.1 Å².